The molecule has 2 aromatic carbocycles. The van der Waals surface area contributed by atoms with Crippen molar-refractivity contribution >= 4 is 0 Å². The van der Waals surface area contributed by atoms with Crippen LogP contribution in [0.2, 0.25) is 0 Å². The van der Waals surface area contributed by atoms with E-state index in [-0.39, 0.29) is 5.56 Å². The molecule has 0 bridgehead atoms. The Morgan fingerprint density at radius 1 is 0.741 bits per heavy atom. The number of halogens is 6. The molecule has 2 nitrogen and oxygen atoms in total. The first-order chi connectivity index (χ1) is 12.7. The molecule has 146 valence electrons. The second-order valence-electron chi connectivity index (χ2n) is 6.43. The molecule has 1 N–H and O–H groups in total. The smallest absolute Gasteiger partial charge is 0.314 e. The quantitative estimate of drug-likeness (QED) is 0.754. The molecule has 1 aliphatic rings. The van der Waals surface area contributed by atoms with E-state index in [9.17, 15) is 26.3 Å². The number of alkyl halides is 6. The summed E-state index contributed by atoms with van der Waals surface area (Å²) in [6, 6.07) is 8.68. The van der Waals surface area contributed by atoms with Gasteiger partial charge in [-0.3, -0.25) is 4.90 Å². The lowest BCUT2D eigenvalue weighted by Gasteiger charge is -2.36. The van der Waals surface area contributed by atoms with Crippen molar-refractivity contribution in [3.05, 3.63) is 59.7 Å². The van der Waals surface area contributed by atoms with Crippen molar-refractivity contribution in [3.8, 4) is 11.1 Å². The van der Waals surface area contributed by atoms with Crippen LogP contribution in [0.15, 0.2) is 48.5 Å². The molecule has 27 heavy (non-hydrogen) atoms. The van der Waals surface area contributed by atoms with E-state index in [0.717, 1.165) is 12.1 Å². The van der Waals surface area contributed by atoms with Crippen LogP contribution in [0.3, 0.4) is 0 Å². The van der Waals surface area contributed by atoms with Crippen molar-refractivity contribution in [3.63, 3.8) is 0 Å². The topological polar surface area (TPSA) is 15.3 Å². The van der Waals surface area contributed by atoms with E-state index in [1.807, 2.05) is 0 Å². The van der Waals surface area contributed by atoms with E-state index in [1.165, 1.54) is 41.3 Å². The zero-order chi connectivity index (χ0) is 19.7. The monoisotopic (exact) mass is 388 g/mol. The molecule has 0 spiro atoms. The highest BCUT2D eigenvalue weighted by Gasteiger charge is 2.44. The van der Waals surface area contributed by atoms with Gasteiger partial charge in [-0.25, -0.2) is 0 Å². The van der Waals surface area contributed by atoms with Gasteiger partial charge in [0, 0.05) is 26.2 Å². The molecule has 8 heteroatoms. The van der Waals surface area contributed by atoms with Gasteiger partial charge < -0.3 is 5.32 Å². The van der Waals surface area contributed by atoms with Gasteiger partial charge >= 0.3 is 12.4 Å². The first kappa shape index (κ1) is 19.7. The normalized spacial score (nSPS) is 17.7. The lowest BCUT2D eigenvalue weighted by molar-refractivity contribution is -0.187. The minimum atomic E-state index is -4.42. The Kier molecular flexibility index (Phi) is 5.48. The first-order valence-electron chi connectivity index (χ1n) is 8.45. The van der Waals surface area contributed by atoms with Gasteiger partial charge in [-0.1, -0.05) is 36.4 Å². The summed E-state index contributed by atoms with van der Waals surface area (Å²) in [6.45, 7) is 1.59. The van der Waals surface area contributed by atoms with E-state index in [0.29, 0.717) is 37.3 Å². The second-order valence-corrected chi connectivity index (χ2v) is 6.43. The van der Waals surface area contributed by atoms with Gasteiger partial charge in [-0.2, -0.15) is 26.3 Å². The summed E-state index contributed by atoms with van der Waals surface area (Å²) in [4.78, 5) is 1.39. The molecule has 1 atom stereocenters. The standard InChI is InChI=1S/C19H18F6N2/c20-18(21,22)16-7-5-14(6-8-16)13-1-3-15(4-2-13)17(19(23,24)25)27-11-9-26-10-12-27/h1-8,17,26H,9-12H2/t17-/m1/s1. The van der Waals surface area contributed by atoms with Crippen molar-refractivity contribution in [2.75, 3.05) is 26.2 Å². The maximum absolute atomic E-state index is 13.6. The Morgan fingerprint density at radius 3 is 1.67 bits per heavy atom. The Morgan fingerprint density at radius 2 is 1.22 bits per heavy atom. The lowest BCUT2D eigenvalue weighted by Crippen LogP contribution is -2.49. The number of rotatable bonds is 3. The van der Waals surface area contributed by atoms with Gasteiger partial charge in [0.15, 0.2) is 0 Å². The highest BCUT2D eigenvalue weighted by Crippen LogP contribution is 2.38. The van der Waals surface area contributed by atoms with Crippen LogP contribution in [-0.2, 0) is 6.18 Å². The molecule has 0 saturated carbocycles. The molecule has 0 unspecified atom stereocenters. The Hall–Kier alpha value is -2.06. The molecule has 3 rings (SSSR count). The van der Waals surface area contributed by atoms with Crippen molar-refractivity contribution < 1.29 is 26.3 Å². The average Bonchev–Trinajstić information content (AvgIpc) is 2.62. The van der Waals surface area contributed by atoms with Crippen LogP contribution in [-0.4, -0.2) is 37.3 Å². The average molecular weight is 388 g/mol. The van der Waals surface area contributed by atoms with Gasteiger partial charge in [0.2, 0.25) is 0 Å². The van der Waals surface area contributed by atoms with Crippen LogP contribution in [0.1, 0.15) is 17.2 Å². The van der Waals surface area contributed by atoms with Crippen molar-refractivity contribution in [1.82, 2.24) is 10.2 Å². The van der Waals surface area contributed by atoms with Gasteiger partial charge in [-0.05, 0) is 28.8 Å². The number of nitrogens with one attached hydrogen (secondary N) is 1. The number of nitrogens with zero attached hydrogens (tertiary/aromatic N) is 1. The summed E-state index contributed by atoms with van der Waals surface area (Å²) in [7, 11) is 0. The van der Waals surface area contributed by atoms with Crippen LogP contribution >= 0.6 is 0 Å². The summed E-state index contributed by atoms with van der Waals surface area (Å²) >= 11 is 0. The summed E-state index contributed by atoms with van der Waals surface area (Å²) in [5.74, 6) is 0. The number of piperazine rings is 1. The Balaban J connectivity index is 1.84. The van der Waals surface area contributed by atoms with Gasteiger partial charge in [0.05, 0.1) is 5.56 Å². The molecular formula is C19H18F6N2. The minimum absolute atomic E-state index is 0.125. The maximum Gasteiger partial charge on any atom is 0.416 e. The van der Waals surface area contributed by atoms with E-state index in [1.54, 1.807) is 0 Å². The second kappa shape index (κ2) is 7.52. The summed E-state index contributed by atoms with van der Waals surface area (Å²) in [6.07, 6.45) is -8.83. The third kappa shape index (κ3) is 4.62. The SMILES string of the molecule is FC(F)(F)c1ccc(-c2ccc([C@@H](N3CCNCC3)C(F)(F)F)cc2)cc1. The zero-order valence-corrected chi connectivity index (χ0v) is 14.2. The van der Waals surface area contributed by atoms with E-state index in [2.05, 4.69) is 5.32 Å². The summed E-state index contributed by atoms with van der Waals surface area (Å²) in [5.41, 5.74) is 0.438. The Bertz CT molecular complexity index is 744. The lowest BCUT2D eigenvalue weighted by atomic mass is 9.98. The Labute approximate surface area is 152 Å². The molecule has 1 aliphatic heterocycles. The predicted octanol–water partition coefficient (Wildman–Crippen LogP) is 4.88. The third-order valence-corrected chi connectivity index (χ3v) is 4.60. The maximum atomic E-state index is 13.6. The number of benzene rings is 2. The fraction of sp³-hybridized carbons (Fsp3) is 0.368. The fourth-order valence-electron chi connectivity index (χ4n) is 3.26. The minimum Gasteiger partial charge on any atom is -0.314 e. The number of hydrogen-bond acceptors (Lipinski definition) is 2. The molecule has 0 aromatic heterocycles. The molecule has 1 heterocycles. The summed E-state index contributed by atoms with van der Waals surface area (Å²) < 4.78 is 78.7. The predicted molar refractivity (Wildman–Crippen MR) is 90.1 cm³/mol. The number of hydrogen-bond donors (Lipinski definition) is 1. The van der Waals surface area contributed by atoms with Crippen LogP contribution in [0, 0.1) is 0 Å². The molecule has 0 aliphatic carbocycles. The van der Waals surface area contributed by atoms with Gasteiger partial charge in [-0.15, -0.1) is 0 Å². The highest BCUT2D eigenvalue weighted by molar-refractivity contribution is 5.64. The van der Waals surface area contributed by atoms with E-state index >= 15 is 0 Å². The van der Waals surface area contributed by atoms with Crippen molar-refractivity contribution in [2.24, 2.45) is 0 Å². The van der Waals surface area contributed by atoms with Crippen LogP contribution in [0.5, 0.6) is 0 Å². The zero-order valence-electron chi connectivity index (χ0n) is 14.2. The molecule has 0 amide bonds. The molecule has 1 fully saturated rings. The van der Waals surface area contributed by atoms with E-state index in [4.69, 9.17) is 0 Å². The van der Waals surface area contributed by atoms with Gasteiger partial charge in [0.1, 0.15) is 6.04 Å². The van der Waals surface area contributed by atoms with Crippen molar-refractivity contribution in [1.29, 1.82) is 0 Å². The molecule has 0 radical (unpaired) electrons. The summed E-state index contributed by atoms with van der Waals surface area (Å²) in [5, 5.41) is 3.03. The molecular weight excluding hydrogens is 370 g/mol. The van der Waals surface area contributed by atoms with Crippen molar-refractivity contribution in [2.45, 2.75) is 18.4 Å². The van der Waals surface area contributed by atoms with Crippen LogP contribution < -0.4 is 5.32 Å². The van der Waals surface area contributed by atoms with Crippen LogP contribution in [0.25, 0.3) is 11.1 Å². The largest absolute Gasteiger partial charge is 0.416 e. The van der Waals surface area contributed by atoms with E-state index < -0.39 is 24.0 Å². The van der Waals surface area contributed by atoms with Crippen LogP contribution in [0.4, 0.5) is 26.3 Å². The highest BCUT2D eigenvalue weighted by atomic mass is 19.4. The molecule has 2 aromatic rings. The fourth-order valence-corrected chi connectivity index (χ4v) is 3.26. The third-order valence-electron chi connectivity index (χ3n) is 4.60. The van der Waals surface area contributed by atoms with Gasteiger partial charge in [0.25, 0.3) is 0 Å². The molecule has 1 saturated heterocycles. The first-order valence-corrected chi connectivity index (χ1v) is 8.45.